The van der Waals surface area contributed by atoms with Crippen molar-refractivity contribution in [2.24, 2.45) is 0 Å². The first kappa shape index (κ1) is 31.5. The quantitative estimate of drug-likeness (QED) is 0.216. The number of amides is 1. The van der Waals surface area contributed by atoms with E-state index in [1.165, 1.54) is 11.1 Å². The third kappa shape index (κ3) is 8.32. The minimum Gasteiger partial charge on any atom is -0.463 e. The van der Waals surface area contributed by atoms with Crippen LogP contribution in [-0.2, 0) is 21.4 Å². The summed E-state index contributed by atoms with van der Waals surface area (Å²) in [5.74, 6) is -0.112. The summed E-state index contributed by atoms with van der Waals surface area (Å²) in [6, 6.07) is 27.0. The molecule has 1 amide bonds. The number of carbonyl (C=O) groups is 2. The third-order valence-corrected chi connectivity index (χ3v) is 8.81. The van der Waals surface area contributed by atoms with Crippen LogP contribution >= 0.6 is 0 Å². The van der Waals surface area contributed by atoms with E-state index in [1.54, 1.807) is 0 Å². The summed E-state index contributed by atoms with van der Waals surface area (Å²) < 4.78 is 5.56. The third-order valence-electron chi connectivity index (χ3n) is 8.81. The molecule has 1 fully saturated rings. The van der Waals surface area contributed by atoms with Crippen LogP contribution in [0.1, 0.15) is 87.7 Å². The van der Waals surface area contributed by atoms with Gasteiger partial charge in [-0.1, -0.05) is 86.6 Å². The van der Waals surface area contributed by atoms with E-state index < -0.39 is 0 Å². The summed E-state index contributed by atoms with van der Waals surface area (Å²) in [7, 11) is 0. The highest BCUT2D eigenvalue weighted by molar-refractivity contribution is 6.01. The topological polar surface area (TPSA) is 58.6 Å². The van der Waals surface area contributed by atoms with E-state index in [0.717, 1.165) is 74.8 Å². The molecule has 3 aromatic rings. The molecule has 0 saturated carbocycles. The van der Waals surface area contributed by atoms with Gasteiger partial charge in [0.05, 0.1) is 12.5 Å². The van der Waals surface area contributed by atoms with Crippen molar-refractivity contribution in [3.63, 3.8) is 0 Å². The van der Waals surface area contributed by atoms with Gasteiger partial charge in [-0.3, -0.25) is 9.59 Å². The summed E-state index contributed by atoms with van der Waals surface area (Å²) >= 11 is 0. The van der Waals surface area contributed by atoms with Crippen LogP contribution in [0.3, 0.4) is 0 Å². The summed E-state index contributed by atoms with van der Waals surface area (Å²) in [5, 5.41) is 3.32. The van der Waals surface area contributed by atoms with Crippen molar-refractivity contribution < 1.29 is 14.3 Å². The van der Waals surface area contributed by atoms with E-state index in [4.69, 9.17) is 4.74 Å². The smallest absolute Gasteiger partial charge is 0.306 e. The Morgan fingerprint density at radius 1 is 0.929 bits per heavy atom. The number of rotatable bonds is 13. The lowest BCUT2D eigenvalue weighted by molar-refractivity contribution is -0.149. The molecule has 42 heavy (non-hydrogen) atoms. The van der Waals surface area contributed by atoms with E-state index in [-0.39, 0.29) is 29.4 Å². The molecule has 1 saturated heterocycles. The van der Waals surface area contributed by atoms with Crippen LogP contribution in [0.4, 0.5) is 0 Å². The van der Waals surface area contributed by atoms with Crippen molar-refractivity contribution in [3.05, 3.63) is 95.6 Å². The summed E-state index contributed by atoms with van der Waals surface area (Å²) in [4.78, 5) is 28.6. The van der Waals surface area contributed by atoms with Gasteiger partial charge in [0.2, 0.25) is 0 Å². The zero-order valence-corrected chi connectivity index (χ0v) is 25.9. The zero-order valence-electron chi connectivity index (χ0n) is 25.9. The molecule has 1 N–H and O–H groups in total. The lowest BCUT2D eigenvalue weighted by Gasteiger charge is -2.36. The van der Waals surface area contributed by atoms with Gasteiger partial charge in [0, 0.05) is 30.1 Å². The van der Waals surface area contributed by atoms with Crippen molar-refractivity contribution in [2.45, 2.75) is 90.2 Å². The Morgan fingerprint density at radius 2 is 1.60 bits per heavy atom. The molecular formula is C37H48N2O3. The van der Waals surface area contributed by atoms with Crippen molar-refractivity contribution >= 4 is 11.9 Å². The number of esters is 1. The van der Waals surface area contributed by atoms with E-state index in [9.17, 15) is 9.59 Å². The zero-order chi connectivity index (χ0) is 30.0. The van der Waals surface area contributed by atoms with Gasteiger partial charge in [-0.2, -0.15) is 0 Å². The van der Waals surface area contributed by atoms with Gasteiger partial charge in [-0.25, -0.2) is 0 Å². The van der Waals surface area contributed by atoms with Crippen LogP contribution < -0.4 is 5.32 Å². The number of aryl methyl sites for hydroxylation is 1. The SMILES string of the molecule is CCc1ccc(-c2ccccc2C(=O)NC2CCN(CCCC(CC)(CC(=O)OC(C)C)c3ccccc3)CC2)cc1. The van der Waals surface area contributed by atoms with Crippen LogP contribution in [-0.4, -0.2) is 48.6 Å². The monoisotopic (exact) mass is 568 g/mol. The highest BCUT2D eigenvalue weighted by Crippen LogP contribution is 2.37. The first-order valence-electron chi connectivity index (χ1n) is 15.8. The Morgan fingerprint density at radius 3 is 2.24 bits per heavy atom. The Balaban J connectivity index is 1.31. The largest absolute Gasteiger partial charge is 0.463 e. The molecule has 1 aliphatic heterocycles. The van der Waals surface area contributed by atoms with E-state index in [2.05, 4.69) is 72.6 Å². The van der Waals surface area contributed by atoms with Gasteiger partial charge in [-0.15, -0.1) is 0 Å². The van der Waals surface area contributed by atoms with Crippen LogP contribution in [0.25, 0.3) is 11.1 Å². The molecule has 4 rings (SSSR count). The fourth-order valence-corrected chi connectivity index (χ4v) is 6.27. The molecule has 0 bridgehead atoms. The number of ether oxygens (including phenoxy) is 1. The minimum atomic E-state index is -0.218. The second kappa shape index (κ2) is 15.2. The molecule has 1 heterocycles. The second-order valence-electron chi connectivity index (χ2n) is 12.0. The predicted octanol–water partition coefficient (Wildman–Crippen LogP) is 7.58. The van der Waals surface area contributed by atoms with Gasteiger partial charge in [0.1, 0.15) is 0 Å². The molecule has 0 spiro atoms. The molecule has 1 aliphatic rings. The predicted molar refractivity (Wildman–Crippen MR) is 172 cm³/mol. The van der Waals surface area contributed by atoms with Crippen molar-refractivity contribution in [2.75, 3.05) is 19.6 Å². The molecular weight excluding hydrogens is 520 g/mol. The van der Waals surface area contributed by atoms with Crippen LogP contribution in [0.2, 0.25) is 0 Å². The number of likely N-dealkylation sites (tertiary alicyclic amines) is 1. The maximum absolute atomic E-state index is 13.4. The van der Waals surface area contributed by atoms with Gasteiger partial charge < -0.3 is 15.0 Å². The first-order chi connectivity index (χ1) is 20.3. The van der Waals surface area contributed by atoms with Crippen molar-refractivity contribution in [3.8, 4) is 11.1 Å². The molecule has 3 aromatic carbocycles. The van der Waals surface area contributed by atoms with Gasteiger partial charge >= 0.3 is 5.97 Å². The van der Waals surface area contributed by atoms with Gasteiger partial charge in [0.25, 0.3) is 5.91 Å². The summed E-state index contributed by atoms with van der Waals surface area (Å²) in [5.41, 5.74) is 5.08. The fourth-order valence-electron chi connectivity index (χ4n) is 6.27. The highest BCUT2D eigenvalue weighted by atomic mass is 16.5. The Labute approximate surface area is 252 Å². The number of hydrogen-bond acceptors (Lipinski definition) is 4. The maximum atomic E-state index is 13.4. The number of carbonyl (C=O) groups excluding carboxylic acids is 2. The lowest BCUT2D eigenvalue weighted by atomic mass is 9.72. The molecule has 5 heteroatoms. The molecule has 5 nitrogen and oxygen atoms in total. The van der Waals surface area contributed by atoms with Crippen LogP contribution in [0.15, 0.2) is 78.9 Å². The second-order valence-corrected chi connectivity index (χ2v) is 12.0. The first-order valence-corrected chi connectivity index (χ1v) is 15.8. The summed E-state index contributed by atoms with van der Waals surface area (Å²) in [6.07, 6.45) is 6.03. The number of hydrogen-bond donors (Lipinski definition) is 1. The maximum Gasteiger partial charge on any atom is 0.306 e. The highest BCUT2D eigenvalue weighted by Gasteiger charge is 2.34. The van der Waals surface area contributed by atoms with Gasteiger partial charge in [0.15, 0.2) is 0 Å². The number of benzene rings is 3. The van der Waals surface area contributed by atoms with Crippen LogP contribution in [0.5, 0.6) is 0 Å². The average molecular weight is 569 g/mol. The van der Waals surface area contributed by atoms with E-state index >= 15 is 0 Å². The molecule has 224 valence electrons. The lowest BCUT2D eigenvalue weighted by Crippen LogP contribution is -2.45. The minimum absolute atomic E-state index is 0.00694. The summed E-state index contributed by atoms with van der Waals surface area (Å²) in [6.45, 7) is 11.1. The molecule has 1 unspecified atom stereocenters. The molecule has 1 atom stereocenters. The van der Waals surface area contributed by atoms with Crippen LogP contribution in [0, 0.1) is 0 Å². The molecule has 0 aliphatic carbocycles. The normalized spacial score (nSPS) is 15.7. The number of nitrogens with zero attached hydrogens (tertiary/aromatic N) is 1. The standard InChI is InChI=1S/C37H48N2O3/c1-5-29-17-19-30(20-18-29)33-15-10-11-16-34(33)36(41)38-32-21-25-39(26-22-32)24-12-23-37(6-2,27-35(40)42-28(3)4)31-13-8-7-9-14-31/h7-11,13-20,28,32H,5-6,12,21-27H2,1-4H3,(H,38,41). The average Bonchev–Trinajstić information content (AvgIpc) is 3.01. The Kier molecular flexibility index (Phi) is 11.4. The molecule has 0 aromatic heterocycles. The number of nitrogens with one attached hydrogen (secondary N) is 1. The van der Waals surface area contributed by atoms with Crippen molar-refractivity contribution in [1.82, 2.24) is 10.2 Å². The van der Waals surface area contributed by atoms with Gasteiger partial charge in [-0.05, 0) is 87.2 Å². The van der Waals surface area contributed by atoms with Crippen molar-refractivity contribution in [1.29, 1.82) is 0 Å². The molecule has 0 radical (unpaired) electrons. The Hall–Kier alpha value is -3.44. The number of piperidine rings is 1. The fraction of sp³-hybridized carbons (Fsp3) is 0.459. The van der Waals surface area contributed by atoms with E-state index in [1.807, 2.05) is 44.2 Å². The van der Waals surface area contributed by atoms with E-state index in [0.29, 0.717) is 6.42 Å². The Bertz CT molecular complexity index is 1280.